The molecule has 7 nitrogen and oxygen atoms in total. The van der Waals surface area contributed by atoms with E-state index >= 15 is 0 Å². The number of ether oxygens (including phenoxy) is 2. The number of aliphatic hydroxyl groups is 1. The lowest BCUT2D eigenvalue weighted by molar-refractivity contribution is -0.197. The summed E-state index contributed by atoms with van der Waals surface area (Å²) < 4.78 is 10.5. The highest BCUT2D eigenvalue weighted by molar-refractivity contribution is 5.83. The zero-order valence-electron chi connectivity index (χ0n) is 16.7. The number of hydrogen-bond acceptors (Lipinski definition) is 6. The minimum absolute atomic E-state index is 0.153. The number of carbonyl (C=O) groups is 3. The second kappa shape index (κ2) is 7.32. The fraction of sp³-hybridized carbons (Fsp3) is 0.857. The molecule has 0 radical (unpaired) electrons. The van der Waals surface area contributed by atoms with Crippen molar-refractivity contribution in [3.05, 3.63) is 0 Å². The Morgan fingerprint density at radius 2 is 1.68 bits per heavy atom. The van der Waals surface area contributed by atoms with Crippen molar-refractivity contribution in [3.8, 4) is 0 Å². The molecule has 4 bridgehead atoms. The quantitative estimate of drug-likeness (QED) is 0.714. The molecular formula is C21H31NO6. The van der Waals surface area contributed by atoms with Gasteiger partial charge in [0.15, 0.2) is 6.61 Å². The first-order valence-corrected chi connectivity index (χ1v) is 10.7. The van der Waals surface area contributed by atoms with Crippen molar-refractivity contribution in [2.75, 3.05) is 26.3 Å². The van der Waals surface area contributed by atoms with Gasteiger partial charge < -0.3 is 19.5 Å². The summed E-state index contributed by atoms with van der Waals surface area (Å²) in [6.07, 6.45) is 5.90. The van der Waals surface area contributed by atoms with Gasteiger partial charge in [0.1, 0.15) is 0 Å². The normalized spacial score (nSPS) is 37.0. The maximum Gasteiger partial charge on any atom is 0.312 e. The zero-order chi connectivity index (χ0) is 19.9. The third-order valence-corrected chi connectivity index (χ3v) is 7.26. The molecule has 4 atom stereocenters. The Bertz CT molecular complexity index is 639. The van der Waals surface area contributed by atoms with Crippen LogP contribution < -0.4 is 0 Å². The highest BCUT2D eigenvalue weighted by atomic mass is 16.5. The number of rotatable bonds is 5. The lowest BCUT2D eigenvalue weighted by Gasteiger charge is -2.58. The van der Waals surface area contributed by atoms with Crippen LogP contribution in [-0.4, -0.2) is 59.8 Å². The minimum atomic E-state index is -0.720. The van der Waals surface area contributed by atoms with Gasteiger partial charge in [-0.1, -0.05) is 0 Å². The highest BCUT2D eigenvalue weighted by Crippen LogP contribution is 2.61. The van der Waals surface area contributed by atoms with E-state index in [9.17, 15) is 19.5 Å². The van der Waals surface area contributed by atoms with Crippen LogP contribution in [0.2, 0.25) is 0 Å². The topological polar surface area (TPSA) is 93.1 Å². The molecule has 4 saturated carbocycles. The summed E-state index contributed by atoms with van der Waals surface area (Å²) in [6, 6.07) is 0. The standard InChI is InChI=1S/C21H31NO6/c1-2-27-18(24)16-3-5-22(6-4-16)17(23)12-28-19(25)20-8-14-7-15(9-20)11-21(26,10-14)13-20/h14-16,26H,2-13H2,1H3/t14-,15+,20?,21?. The molecule has 5 rings (SSSR count). The Kier molecular flexibility index (Phi) is 5.14. The van der Waals surface area contributed by atoms with Gasteiger partial charge in [0.25, 0.3) is 5.91 Å². The summed E-state index contributed by atoms with van der Waals surface area (Å²) in [7, 11) is 0. The summed E-state index contributed by atoms with van der Waals surface area (Å²) in [4.78, 5) is 38.8. The van der Waals surface area contributed by atoms with Gasteiger partial charge in [0.2, 0.25) is 0 Å². The zero-order valence-corrected chi connectivity index (χ0v) is 16.7. The highest BCUT2D eigenvalue weighted by Gasteiger charge is 2.61. The molecule has 5 aliphatic rings. The van der Waals surface area contributed by atoms with Crippen molar-refractivity contribution in [3.63, 3.8) is 0 Å². The van der Waals surface area contributed by atoms with Gasteiger partial charge in [-0.3, -0.25) is 14.4 Å². The summed E-state index contributed by atoms with van der Waals surface area (Å²) in [6.45, 7) is 2.86. The van der Waals surface area contributed by atoms with Gasteiger partial charge in [-0.25, -0.2) is 0 Å². The van der Waals surface area contributed by atoms with Crippen LogP contribution in [0.3, 0.4) is 0 Å². The first-order chi connectivity index (χ1) is 13.3. The Balaban J connectivity index is 1.28. The lowest BCUT2D eigenvalue weighted by Crippen LogP contribution is -2.58. The van der Waals surface area contributed by atoms with E-state index < -0.39 is 11.0 Å². The molecule has 28 heavy (non-hydrogen) atoms. The van der Waals surface area contributed by atoms with Crippen LogP contribution in [0, 0.1) is 23.2 Å². The first-order valence-electron chi connectivity index (χ1n) is 10.7. The maximum absolute atomic E-state index is 12.9. The van der Waals surface area contributed by atoms with Crippen LogP contribution in [0.1, 0.15) is 58.3 Å². The second-order valence-electron chi connectivity index (χ2n) is 9.45. The predicted octanol–water partition coefficient (Wildman–Crippen LogP) is 1.66. The third-order valence-electron chi connectivity index (χ3n) is 7.26. The van der Waals surface area contributed by atoms with E-state index in [1.165, 1.54) is 0 Å². The van der Waals surface area contributed by atoms with E-state index in [2.05, 4.69) is 0 Å². The molecule has 1 N–H and O–H groups in total. The molecule has 0 spiro atoms. The monoisotopic (exact) mass is 393 g/mol. The number of hydrogen-bond donors (Lipinski definition) is 1. The maximum atomic E-state index is 12.9. The van der Waals surface area contributed by atoms with Crippen molar-refractivity contribution in [2.45, 2.75) is 63.9 Å². The molecule has 0 aromatic rings. The van der Waals surface area contributed by atoms with Crippen LogP contribution in [-0.2, 0) is 23.9 Å². The SMILES string of the molecule is CCOC(=O)C1CCN(C(=O)COC(=O)C23C[C@@H]4C[C@@H](CC(O)(C4)C2)C3)CC1. The molecule has 4 aliphatic carbocycles. The molecule has 1 heterocycles. The molecule has 0 aromatic carbocycles. The van der Waals surface area contributed by atoms with Crippen molar-refractivity contribution in [2.24, 2.45) is 23.2 Å². The summed E-state index contributed by atoms with van der Waals surface area (Å²) in [5.41, 5.74) is -1.32. The summed E-state index contributed by atoms with van der Waals surface area (Å²) in [5, 5.41) is 10.8. The van der Waals surface area contributed by atoms with E-state index in [-0.39, 0.29) is 30.4 Å². The molecule has 1 amide bonds. The molecule has 1 saturated heterocycles. The molecule has 156 valence electrons. The van der Waals surface area contributed by atoms with Gasteiger partial charge in [-0.05, 0) is 70.1 Å². The number of esters is 2. The fourth-order valence-electron chi connectivity index (χ4n) is 6.45. The molecule has 7 heteroatoms. The Labute approximate surface area is 165 Å². The number of carbonyl (C=O) groups excluding carboxylic acids is 3. The first kappa shape index (κ1) is 19.7. The van der Waals surface area contributed by atoms with E-state index in [0.717, 1.165) is 32.1 Å². The van der Waals surface area contributed by atoms with Crippen LogP contribution in [0.15, 0.2) is 0 Å². The Morgan fingerprint density at radius 3 is 2.25 bits per heavy atom. The van der Waals surface area contributed by atoms with Crippen molar-refractivity contribution in [1.82, 2.24) is 4.90 Å². The van der Waals surface area contributed by atoms with E-state index in [1.807, 2.05) is 0 Å². The predicted molar refractivity (Wildman–Crippen MR) is 99.0 cm³/mol. The fourth-order valence-corrected chi connectivity index (χ4v) is 6.45. The summed E-state index contributed by atoms with van der Waals surface area (Å²) in [5.74, 6) is -0.0678. The lowest BCUT2D eigenvalue weighted by atomic mass is 9.48. The van der Waals surface area contributed by atoms with Crippen LogP contribution in [0.25, 0.3) is 0 Å². The molecule has 1 aliphatic heterocycles. The second-order valence-corrected chi connectivity index (χ2v) is 9.45. The van der Waals surface area contributed by atoms with Gasteiger partial charge in [-0.2, -0.15) is 0 Å². The molecular weight excluding hydrogens is 362 g/mol. The third kappa shape index (κ3) is 3.65. The average Bonchev–Trinajstić information content (AvgIpc) is 2.64. The van der Waals surface area contributed by atoms with Gasteiger partial charge in [-0.15, -0.1) is 0 Å². The van der Waals surface area contributed by atoms with Gasteiger partial charge >= 0.3 is 11.9 Å². The van der Waals surface area contributed by atoms with Crippen LogP contribution >= 0.6 is 0 Å². The Morgan fingerprint density at radius 1 is 1.04 bits per heavy atom. The largest absolute Gasteiger partial charge is 0.466 e. The van der Waals surface area contributed by atoms with Crippen molar-refractivity contribution >= 4 is 17.8 Å². The molecule has 5 fully saturated rings. The van der Waals surface area contributed by atoms with Gasteiger partial charge in [0.05, 0.1) is 23.5 Å². The number of amides is 1. The number of likely N-dealkylation sites (tertiary alicyclic amines) is 1. The van der Waals surface area contributed by atoms with Crippen LogP contribution in [0.5, 0.6) is 0 Å². The minimum Gasteiger partial charge on any atom is -0.466 e. The smallest absolute Gasteiger partial charge is 0.312 e. The average molecular weight is 393 g/mol. The molecule has 2 unspecified atom stereocenters. The van der Waals surface area contributed by atoms with Crippen molar-refractivity contribution in [1.29, 1.82) is 0 Å². The Hall–Kier alpha value is -1.63. The van der Waals surface area contributed by atoms with E-state index in [1.54, 1.807) is 11.8 Å². The van der Waals surface area contributed by atoms with E-state index in [4.69, 9.17) is 9.47 Å². The van der Waals surface area contributed by atoms with Crippen molar-refractivity contribution < 1.29 is 29.0 Å². The number of nitrogens with zero attached hydrogens (tertiary/aromatic N) is 1. The van der Waals surface area contributed by atoms with Gasteiger partial charge in [0, 0.05) is 13.1 Å². The number of piperidine rings is 1. The van der Waals surface area contributed by atoms with Crippen LogP contribution in [0.4, 0.5) is 0 Å². The van der Waals surface area contributed by atoms with E-state index in [0.29, 0.717) is 50.8 Å². The summed E-state index contributed by atoms with van der Waals surface area (Å²) >= 11 is 0. The molecule has 0 aromatic heterocycles.